The molecule has 0 unspecified atom stereocenters. The lowest BCUT2D eigenvalue weighted by Gasteiger charge is -2.00. The van der Waals surface area contributed by atoms with Gasteiger partial charge >= 0.3 is 5.69 Å². The molecular formula is C15H11N5O3S. The van der Waals surface area contributed by atoms with E-state index in [1.54, 1.807) is 6.07 Å². The summed E-state index contributed by atoms with van der Waals surface area (Å²) in [6, 6.07) is 10.0. The molecule has 0 fully saturated rings. The zero-order valence-electron chi connectivity index (χ0n) is 12.5. The number of aromatic amines is 1. The minimum absolute atomic E-state index is 0.222. The molecule has 2 aromatic heterocycles. The maximum atomic E-state index is 10.8. The number of nitrogens with one attached hydrogen (secondary N) is 1. The fourth-order valence-corrected chi connectivity index (χ4v) is 2.87. The van der Waals surface area contributed by atoms with Crippen molar-refractivity contribution in [3.63, 3.8) is 0 Å². The van der Waals surface area contributed by atoms with Crippen LogP contribution < -0.4 is 4.74 Å². The Bertz CT molecular complexity index is 963. The summed E-state index contributed by atoms with van der Waals surface area (Å²) < 4.78 is 5.44. The van der Waals surface area contributed by atoms with Crippen LogP contribution in [0, 0.1) is 21.4 Å². The standard InChI is InChI=1S/C15H11N5O3S/c1-2-23-9-3-4-10-11(7-9)19-15(18-10)24-14-6-5-13(20(21)22)12(8-16)17-14/h3-7H,2H2,1H3,(H,18,19). The van der Waals surface area contributed by atoms with Crippen LogP contribution in [-0.4, -0.2) is 26.5 Å². The number of nitriles is 1. The number of nitro groups is 1. The van der Waals surface area contributed by atoms with E-state index in [-0.39, 0.29) is 11.4 Å². The summed E-state index contributed by atoms with van der Waals surface area (Å²) in [6.45, 7) is 2.48. The molecule has 1 N–H and O–H groups in total. The van der Waals surface area contributed by atoms with Crippen LogP contribution in [0.5, 0.6) is 5.75 Å². The molecule has 0 aliphatic heterocycles. The SMILES string of the molecule is CCOc1ccc2nc(Sc3ccc([N+](=O)[O-])c(C#N)n3)[nH]c2c1. The van der Waals surface area contributed by atoms with E-state index in [0.717, 1.165) is 16.8 Å². The third-order valence-corrected chi connectivity index (χ3v) is 3.92. The first-order valence-corrected chi connectivity index (χ1v) is 7.78. The molecule has 1 aromatic carbocycles. The van der Waals surface area contributed by atoms with Crippen LogP contribution >= 0.6 is 11.8 Å². The van der Waals surface area contributed by atoms with Gasteiger partial charge in [-0.1, -0.05) is 0 Å². The number of pyridine rings is 1. The Morgan fingerprint density at radius 2 is 2.21 bits per heavy atom. The second kappa shape index (κ2) is 6.55. The number of aromatic nitrogens is 3. The fraction of sp³-hybridized carbons (Fsp3) is 0.133. The van der Waals surface area contributed by atoms with Crippen LogP contribution in [0.2, 0.25) is 0 Å². The minimum atomic E-state index is -0.629. The lowest BCUT2D eigenvalue weighted by molar-refractivity contribution is -0.385. The van der Waals surface area contributed by atoms with E-state index in [9.17, 15) is 10.1 Å². The predicted octanol–water partition coefficient (Wildman–Crippen LogP) is 3.29. The average molecular weight is 341 g/mol. The number of nitrogens with zero attached hydrogens (tertiary/aromatic N) is 4. The van der Waals surface area contributed by atoms with Gasteiger partial charge < -0.3 is 9.72 Å². The number of hydrogen-bond acceptors (Lipinski definition) is 7. The zero-order chi connectivity index (χ0) is 17.1. The van der Waals surface area contributed by atoms with E-state index in [1.165, 1.54) is 23.9 Å². The first kappa shape index (κ1) is 15.8. The average Bonchev–Trinajstić information content (AvgIpc) is 2.96. The monoisotopic (exact) mass is 341 g/mol. The van der Waals surface area contributed by atoms with Gasteiger partial charge in [-0.3, -0.25) is 10.1 Å². The van der Waals surface area contributed by atoms with Gasteiger partial charge in [-0.15, -0.1) is 0 Å². The van der Waals surface area contributed by atoms with Crippen molar-refractivity contribution < 1.29 is 9.66 Å². The molecule has 3 rings (SSSR count). The summed E-state index contributed by atoms with van der Waals surface area (Å²) >= 11 is 1.19. The third kappa shape index (κ3) is 3.13. The van der Waals surface area contributed by atoms with Crippen molar-refractivity contribution in [2.45, 2.75) is 17.1 Å². The molecule has 0 aliphatic carbocycles. The molecule has 0 radical (unpaired) electrons. The Kier molecular flexibility index (Phi) is 4.31. The zero-order valence-corrected chi connectivity index (χ0v) is 13.3. The molecule has 3 aromatic rings. The number of fused-ring (bicyclic) bond motifs is 1. The first-order chi connectivity index (χ1) is 11.6. The maximum Gasteiger partial charge on any atom is 0.305 e. The van der Waals surface area contributed by atoms with E-state index in [2.05, 4.69) is 15.0 Å². The van der Waals surface area contributed by atoms with Gasteiger partial charge in [0.15, 0.2) is 5.16 Å². The largest absolute Gasteiger partial charge is 0.494 e. The van der Waals surface area contributed by atoms with Crippen LogP contribution in [-0.2, 0) is 0 Å². The molecule has 0 saturated heterocycles. The molecule has 120 valence electrons. The highest BCUT2D eigenvalue weighted by Gasteiger charge is 2.16. The Balaban J connectivity index is 1.89. The summed E-state index contributed by atoms with van der Waals surface area (Å²) in [5, 5.41) is 20.8. The molecule has 8 nitrogen and oxygen atoms in total. The van der Waals surface area contributed by atoms with Crippen molar-refractivity contribution in [1.82, 2.24) is 15.0 Å². The first-order valence-electron chi connectivity index (χ1n) is 6.96. The summed E-state index contributed by atoms with van der Waals surface area (Å²) in [6.07, 6.45) is 0. The molecule has 0 amide bonds. The molecule has 24 heavy (non-hydrogen) atoms. The number of ether oxygens (including phenoxy) is 1. The van der Waals surface area contributed by atoms with Gasteiger partial charge in [0, 0.05) is 12.1 Å². The maximum absolute atomic E-state index is 10.8. The van der Waals surface area contributed by atoms with Gasteiger partial charge in [0.2, 0.25) is 5.69 Å². The van der Waals surface area contributed by atoms with Crippen LogP contribution in [0.25, 0.3) is 11.0 Å². The van der Waals surface area contributed by atoms with Gasteiger partial charge in [-0.2, -0.15) is 5.26 Å². The van der Waals surface area contributed by atoms with Gasteiger partial charge in [-0.25, -0.2) is 9.97 Å². The van der Waals surface area contributed by atoms with Crippen LogP contribution in [0.3, 0.4) is 0 Å². The van der Waals surface area contributed by atoms with E-state index in [0.29, 0.717) is 16.8 Å². The van der Waals surface area contributed by atoms with Gasteiger partial charge in [-0.05, 0) is 36.9 Å². The number of hydrogen-bond donors (Lipinski definition) is 1. The number of rotatable bonds is 5. The Morgan fingerprint density at radius 1 is 1.38 bits per heavy atom. The lowest BCUT2D eigenvalue weighted by atomic mass is 10.3. The number of H-pyrrole nitrogens is 1. The second-order valence-electron chi connectivity index (χ2n) is 4.64. The van der Waals surface area contributed by atoms with Crippen LogP contribution in [0.4, 0.5) is 5.69 Å². The summed E-state index contributed by atoms with van der Waals surface area (Å²) in [7, 11) is 0. The fourth-order valence-electron chi connectivity index (χ4n) is 2.09. The van der Waals surface area contributed by atoms with Crippen molar-refractivity contribution in [2.24, 2.45) is 0 Å². The van der Waals surface area contributed by atoms with Crippen molar-refractivity contribution in [1.29, 1.82) is 5.26 Å². The van der Waals surface area contributed by atoms with Crippen molar-refractivity contribution in [3.8, 4) is 11.8 Å². The highest BCUT2D eigenvalue weighted by molar-refractivity contribution is 7.99. The van der Waals surface area contributed by atoms with Gasteiger partial charge in [0.1, 0.15) is 16.8 Å². The quantitative estimate of drug-likeness (QED) is 0.558. The topological polar surface area (TPSA) is 118 Å². The molecule has 2 heterocycles. The van der Waals surface area contributed by atoms with E-state index < -0.39 is 4.92 Å². The van der Waals surface area contributed by atoms with Gasteiger partial charge in [0.25, 0.3) is 0 Å². The third-order valence-electron chi connectivity index (χ3n) is 3.09. The summed E-state index contributed by atoms with van der Waals surface area (Å²) in [5.74, 6) is 0.741. The molecule has 9 heteroatoms. The predicted molar refractivity (Wildman–Crippen MR) is 87.0 cm³/mol. The molecule has 0 saturated carbocycles. The minimum Gasteiger partial charge on any atom is -0.494 e. The highest BCUT2D eigenvalue weighted by Crippen LogP contribution is 2.29. The molecule has 0 aliphatic rings. The normalized spacial score (nSPS) is 10.5. The van der Waals surface area contributed by atoms with Gasteiger partial charge in [0.05, 0.1) is 22.6 Å². The van der Waals surface area contributed by atoms with E-state index in [1.807, 2.05) is 25.1 Å². The van der Waals surface area contributed by atoms with E-state index in [4.69, 9.17) is 10.00 Å². The van der Waals surface area contributed by atoms with Crippen molar-refractivity contribution >= 4 is 28.5 Å². The van der Waals surface area contributed by atoms with Crippen LogP contribution in [0.1, 0.15) is 12.6 Å². The Hall–Kier alpha value is -3.12. The second-order valence-corrected chi connectivity index (χ2v) is 5.65. The number of benzene rings is 1. The highest BCUT2D eigenvalue weighted by atomic mass is 32.2. The molecule has 0 bridgehead atoms. The summed E-state index contributed by atoms with van der Waals surface area (Å²) in [4.78, 5) is 21.8. The smallest absolute Gasteiger partial charge is 0.305 e. The van der Waals surface area contributed by atoms with Crippen molar-refractivity contribution in [3.05, 3.63) is 46.1 Å². The van der Waals surface area contributed by atoms with E-state index >= 15 is 0 Å². The van der Waals surface area contributed by atoms with Crippen LogP contribution in [0.15, 0.2) is 40.5 Å². The number of imidazole rings is 1. The molecule has 0 atom stereocenters. The van der Waals surface area contributed by atoms with Crippen molar-refractivity contribution in [2.75, 3.05) is 6.61 Å². The lowest BCUT2D eigenvalue weighted by Crippen LogP contribution is -1.96. The Labute approximate surface area is 140 Å². The Morgan fingerprint density at radius 3 is 2.92 bits per heavy atom. The summed E-state index contributed by atoms with van der Waals surface area (Å²) in [5.41, 5.74) is 1.04. The molecule has 0 spiro atoms. The molecular weight excluding hydrogens is 330 g/mol.